The standard InChI is InChI=1S/C20H25N3O2/c1-22(20(25)17-3-2-4-19(24)15-17)18-8-13-23(14-9-18)12-7-16-5-10-21-11-6-16/h2-6,10-11,15,18,24H,7-9,12-14H2,1H3. The highest BCUT2D eigenvalue weighted by Gasteiger charge is 2.25. The van der Waals surface area contributed by atoms with Gasteiger partial charge >= 0.3 is 0 Å². The Hall–Kier alpha value is -2.40. The predicted octanol–water partition coefficient (Wildman–Crippen LogP) is 2.57. The molecule has 5 heteroatoms. The van der Waals surface area contributed by atoms with Crippen molar-refractivity contribution in [3.63, 3.8) is 0 Å². The predicted molar refractivity (Wildman–Crippen MR) is 97.6 cm³/mol. The summed E-state index contributed by atoms with van der Waals surface area (Å²) < 4.78 is 0. The molecule has 0 spiro atoms. The molecular weight excluding hydrogens is 314 g/mol. The molecule has 2 aromatic rings. The number of phenols is 1. The molecule has 5 nitrogen and oxygen atoms in total. The molecule has 0 aliphatic carbocycles. The molecule has 0 atom stereocenters. The summed E-state index contributed by atoms with van der Waals surface area (Å²) in [4.78, 5) is 20.9. The first-order chi connectivity index (χ1) is 12.1. The van der Waals surface area contributed by atoms with Crippen molar-refractivity contribution in [1.82, 2.24) is 14.8 Å². The number of aromatic nitrogens is 1. The van der Waals surface area contributed by atoms with Crippen molar-refractivity contribution in [1.29, 1.82) is 0 Å². The van der Waals surface area contributed by atoms with Gasteiger partial charge in [0.1, 0.15) is 5.75 Å². The number of likely N-dealkylation sites (tertiary alicyclic amines) is 1. The van der Waals surface area contributed by atoms with Crippen LogP contribution in [0, 0.1) is 0 Å². The molecule has 0 radical (unpaired) electrons. The van der Waals surface area contributed by atoms with Crippen LogP contribution in [0.15, 0.2) is 48.8 Å². The smallest absolute Gasteiger partial charge is 0.253 e. The molecule has 1 aromatic carbocycles. The van der Waals surface area contributed by atoms with E-state index >= 15 is 0 Å². The molecule has 1 aliphatic heterocycles. The molecule has 1 aliphatic rings. The van der Waals surface area contributed by atoms with Crippen molar-refractivity contribution >= 4 is 5.91 Å². The Morgan fingerprint density at radius 2 is 1.96 bits per heavy atom. The average molecular weight is 339 g/mol. The lowest BCUT2D eigenvalue weighted by Gasteiger charge is -2.36. The van der Waals surface area contributed by atoms with Gasteiger partial charge in [-0.05, 0) is 55.2 Å². The molecule has 1 aromatic heterocycles. The number of pyridine rings is 1. The molecular formula is C20H25N3O2. The Kier molecular flexibility index (Phi) is 5.66. The van der Waals surface area contributed by atoms with Crippen molar-refractivity contribution in [2.45, 2.75) is 25.3 Å². The summed E-state index contributed by atoms with van der Waals surface area (Å²) in [7, 11) is 1.86. The average Bonchev–Trinajstić information content (AvgIpc) is 2.66. The van der Waals surface area contributed by atoms with Gasteiger partial charge in [0.25, 0.3) is 5.91 Å². The molecule has 1 fully saturated rings. The number of nitrogens with zero attached hydrogens (tertiary/aromatic N) is 3. The van der Waals surface area contributed by atoms with Gasteiger partial charge in [-0.2, -0.15) is 0 Å². The number of rotatable bonds is 5. The lowest BCUT2D eigenvalue weighted by molar-refractivity contribution is 0.0643. The number of carbonyl (C=O) groups excluding carboxylic acids is 1. The van der Waals surface area contributed by atoms with E-state index in [2.05, 4.69) is 22.0 Å². The fourth-order valence-electron chi connectivity index (χ4n) is 3.38. The minimum atomic E-state index is -0.0221. The van der Waals surface area contributed by atoms with E-state index in [9.17, 15) is 9.90 Å². The first-order valence-corrected chi connectivity index (χ1v) is 8.81. The van der Waals surface area contributed by atoms with Gasteiger partial charge in [0.2, 0.25) is 0 Å². The number of phenolic OH excluding ortho intramolecular Hbond substituents is 1. The third-order valence-corrected chi connectivity index (χ3v) is 4.98. The van der Waals surface area contributed by atoms with E-state index in [-0.39, 0.29) is 17.7 Å². The van der Waals surface area contributed by atoms with Crippen LogP contribution in [-0.2, 0) is 6.42 Å². The van der Waals surface area contributed by atoms with Crippen LogP contribution in [0.5, 0.6) is 5.75 Å². The van der Waals surface area contributed by atoms with Crippen molar-refractivity contribution in [3.8, 4) is 5.75 Å². The number of amides is 1. The van der Waals surface area contributed by atoms with Gasteiger partial charge in [-0.25, -0.2) is 0 Å². The zero-order valence-corrected chi connectivity index (χ0v) is 14.6. The molecule has 3 rings (SSSR count). The number of aromatic hydroxyl groups is 1. The van der Waals surface area contributed by atoms with Crippen LogP contribution < -0.4 is 0 Å². The molecule has 0 unspecified atom stereocenters. The van der Waals surface area contributed by atoms with E-state index in [0.717, 1.165) is 38.9 Å². The third-order valence-electron chi connectivity index (χ3n) is 4.98. The summed E-state index contributed by atoms with van der Waals surface area (Å²) in [6.45, 7) is 3.06. The molecule has 1 amide bonds. The summed E-state index contributed by atoms with van der Waals surface area (Å²) in [5.41, 5.74) is 1.86. The molecule has 2 heterocycles. The topological polar surface area (TPSA) is 56.7 Å². The van der Waals surface area contributed by atoms with Crippen LogP contribution >= 0.6 is 0 Å². The maximum absolute atomic E-state index is 12.6. The van der Waals surface area contributed by atoms with E-state index in [1.807, 2.05) is 24.3 Å². The Morgan fingerprint density at radius 3 is 2.64 bits per heavy atom. The second kappa shape index (κ2) is 8.12. The summed E-state index contributed by atoms with van der Waals surface area (Å²) >= 11 is 0. The summed E-state index contributed by atoms with van der Waals surface area (Å²) in [5.74, 6) is 0.108. The Morgan fingerprint density at radius 1 is 1.24 bits per heavy atom. The lowest BCUT2D eigenvalue weighted by atomic mass is 10.0. The first-order valence-electron chi connectivity index (χ1n) is 8.81. The normalized spacial score (nSPS) is 15.9. The highest BCUT2D eigenvalue weighted by atomic mass is 16.3. The van der Waals surface area contributed by atoms with Crippen LogP contribution in [0.2, 0.25) is 0 Å². The van der Waals surface area contributed by atoms with Crippen LogP contribution in [0.3, 0.4) is 0 Å². The molecule has 25 heavy (non-hydrogen) atoms. The molecule has 132 valence electrons. The minimum absolute atomic E-state index is 0.0221. The SMILES string of the molecule is CN(C(=O)c1cccc(O)c1)C1CCN(CCc2ccncc2)CC1. The monoisotopic (exact) mass is 339 g/mol. The lowest BCUT2D eigenvalue weighted by Crippen LogP contribution is -2.46. The number of hydrogen-bond acceptors (Lipinski definition) is 4. The van der Waals surface area contributed by atoms with Gasteiger partial charge in [-0.3, -0.25) is 9.78 Å². The van der Waals surface area contributed by atoms with Gasteiger partial charge in [-0.15, -0.1) is 0 Å². The number of piperidine rings is 1. The maximum atomic E-state index is 12.6. The number of benzene rings is 1. The minimum Gasteiger partial charge on any atom is -0.508 e. The highest BCUT2D eigenvalue weighted by Crippen LogP contribution is 2.19. The summed E-state index contributed by atoms with van der Waals surface area (Å²) in [6, 6.07) is 11.0. The number of carbonyl (C=O) groups is 1. The first kappa shape index (κ1) is 17.4. The van der Waals surface area contributed by atoms with E-state index in [0.29, 0.717) is 5.56 Å². The second-order valence-corrected chi connectivity index (χ2v) is 6.64. The Labute approximate surface area is 148 Å². The quantitative estimate of drug-likeness (QED) is 0.910. The van der Waals surface area contributed by atoms with Crippen molar-refractivity contribution in [3.05, 3.63) is 59.9 Å². The van der Waals surface area contributed by atoms with Crippen molar-refractivity contribution < 1.29 is 9.90 Å². The zero-order valence-electron chi connectivity index (χ0n) is 14.6. The van der Waals surface area contributed by atoms with E-state index in [4.69, 9.17) is 0 Å². The summed E-state index contributed by atoms with van der Waals surface area (Å²) in [6.07, 6.45) is 6.67. The van der Waals surface area contributed by atoms with Crippen molar-refractivity contribution in [2.24, 2.45) is 0 Å². The van der Waals surface area contributed by atoms with Gasteiger partial charge in [0, 0.05) is 50.7 Å². The second-order valence-electron chi connectivity index (χ2n) is 6.64. The van der Waals surface area contributed by atoms with Crippen LogP contribution in [0.1, 0.15) is 28.8 Å². The molecule has 0 saturated carbocycles. The Balaban J connectivity index is 1.49. The van der Waals surface area contributed by atoms with Gasteiger partial charge < -0.3 is 14.9 Å². The third kappa shape index (κ3) is 4.57. The fraction of sp³-hybridized carbons (Fsp3) is 0.400. The molecule has 0 bridgehead atoms. The van der Waals surface area contributed by atoms with Gasteiger partial charge in [0.15, 0.2) is 0 Å². The van der Waals surface area contributed by atoms with Crippen LogP contribution in [-0.4, -0.2) is 58.5 Å². The highest BCUT2D eigenvalue weighted by molar-refractivity contribution is 5.94. The fourth-order valence-corrected chi connectivity index (χ4v) is 3.38. The largest absolute Gasteiger partial charge is 0.508 e. The van der Waals surface area contributed by atoms with Gasteiger partial charge in [-0.1, -0.05) is 6.07 Å². The van der Waals surface area contributed by atoms with E-state index in [1.165, 1.54) is 11.6 Å². The van der Waals surface area contributed by atoms with E-state index < -0.39 is 0 Å². The van der Waals surface area contributed by atoms with Gasteiger partial charge in [0.05, 0.1) is 0 Å². The van der Waals surface area contributed by atoms with Crippen molar-refractivity contribution in [2.75, 3.05) is 26.7 Å². The maximum Gasteiger partial charge on any atom is 0.253 e. The van der Waals surface area contributed by atoms with Crippen LogP contribution in [0.4, 0.5) is 0 Å². The zero-order chi connectivity index (χ0) is 17.6. The summed E-state index contributed by atoms with van der Waals surface area (Å²) in [5, 5.41) is 9.56. The Bertz CT molecular complexity index is 697. The van der Waals surface area contributed by atoms with Crippen LogP contribution in [0.25, 0.3) is 0 Å². The number of hydrogen-bond donors (Lipinski definition) is 1. The molecule has 1 saturated heterocycles. The van der Waals surface area contributed by atoms with E-state index in [1.54, 1.807) is 18.2 Å². The molecule has 1 N–H and O–H groups in total.